The predicted octanol–water partition coefficient (Wildman–Crippen LogP) is 3.25. The number of aliphatic hydroxyl groups excluding tert-OH is 1. The van der Waals surface area contributed by atoms with Crippen LogP contribution in [0.1, 0.15) is 27.7 Å². The van der Waals surface area contributed by atoms with Gasteiger partial charge in [0, 0.05) is 17.7 Å². The van der Waals surface area contributed by atoms with E-state index in [0.717, 1.165) is 11.1 Å². The molecule has 5 nitrogen and oxygen atoms in total. The number of nitrogens with zero attached hydrogens (tertiary/aromatic N) is 1. The molecular weight excluding hydrogens is 323 g/mol. The molecule has 2 N–H and O–H groups in total. The number of nitrogens with one attached hydrogen (secondary N) is 1. The fourth-order valence-corrected chi connectivity index (χ4v) is 2.45. The summed E-state index contributed by atoms with van der Waals surface area (Å²) in [6.45, 7) is 1.82. The number of carbonyl (C=O) groups is 1. The molecule has 0 aliphatic heterocycles. The predicted molar refractivity (Wildman–Crippen MR) is 90.4 cm³/mol. The summed E-state index contributed by atoms with van der Waals surface area (Å²) in [6.07, 6.45) is 0.0390. The van der Waals surface area contributed by atoms with Crippen LogP contribution in [0, 0.1) is 12.7 Å². The van der Waals surface area contributed by atoms with Gasteiger partial charge in [-0.2, -0.15) is 0 Å². The van der Waals surface area contributed by atoms with Crippen molar-refractivity contribution in [3.8, 4) is 11.3 Å². The fourth-order valence-electron chi connectivity index (χ4n) is 2.45. The standard InChI is InChI=1S/C19H17FN2O3/c1-12-6-8-13(9-7-12)18-17(22-11-25-18)19(24)21-10-16(23)14-4-2-3-5-15(14)20/h2-9,11,16,23H,10H2,1H3,(H,21,24). The highest BCUT2D eigenvalue weighted by atomic mass is 19.1. The number of carbonyl (C=O) groups excluding carboxylic acids is 1. The van der Waals surface area contributed by atoms with Crippen molar-refractivity contribution in [1.29, 1.82) is 0 Å². The maximum atomic E-state index is 13.7. The summed E-state index contributed by atoms with van der Waals surface area (Å²) in [5, 5.41) is 12.6. The lowest BCUT2D eigenvalue weighted by molar-refractivity contribution is 0.0910. The molecule has 0 aliphatic rings. The van der Waals surface area contributed by atoms with Crippen molar-refractivity contribution in [2.24, 2.45) is 0 Å². The van der Waals surface area contributed by atoms with Crippen LogP contribution in [0.4, 0.5) is 4.39 Å². The first-order valence-electron chi connectivity index (χ1n) is 7.77. The van der Waals surface area contributed by atoms with Gasteiger partial charge in [-0.05, 0) is 13.0 Å². The number of halogens is 1. The van der Waals surface area contributed by atoms with Crippen molar-refractivity contribution in [3.63, 3.8) is 0 Å². The van der Waals surface area contributed by atoms with E-state index in [0.29, 0.717) is 5.76 Å². The third-order valence-electron chi connectivity index (χ3n) is 3.82. The van der Waals surface area contributed by atoms with Gasteiger partial charge in [-0.1, -0.05) is 48.0 Å². The first-order valence-corrected chi connectivity index (χ1v) is 7.77. The lowest BCUT2D eigenvalue weighted by Crippen LogP contribution is -2.29. The van der Waals surface area contributed by atoms with Crippen molar-refractivity contribution in [2.75, 3.05) is 6.54 Å². The SMILES string of the molecule is Cc1ccc(-c2ocnc2C(=O)NCC(O)c2ccccc2F)cc1. The van der Waals surface area contributed by atoms with Crippen LogP contribution in [-0.4, -0.2) is 22.5 Å². The van der Waals surface area contributed by atoms with Crippen molar-refractivity contribution >= 4 is 5.91 Å². The number of oxazole rings is 1. The molecule has 1 amide bonds. The smallest absolute Gasteiger partial charge is 0.274 e. The Hall–Kier alpha value is -2.99. The van der Waals surface area contributed by atoms with Crippen LogP contribution >= 0.6 is 0 Å². The number of aliphatic hydroxyl groups is 1. The molecule has 0 aliphatic carbocycles. The first kappa shape index (κ1) is 16.9. The second-order valence-electron chi connectivity index (χ2n) is 5.64. The Kier molecular flexibility index (Phi) is 4.90. The first-order chi connectivity index (χ1) is 12.1. The Bertz CT molecular complexity index is 874. The molecule has 2 aromatic carbocycles. The zero-order chi connectivity index (χ0) is 17.8. The number of hydrogen-bond acceptors (Lipinski definition) is 4. The number of amides is 1. The van der Waals surface area contributed by atoms with Gasteiger partial charge in [0.05, 0.1) is 6.10 Å². The minimum Gasteiger partial charge on any atom is -0.443 e. The van der Waals surface area contributed by atoms with Crippen LogP contribution in [0.5, 0.6) is 0 Å². The van der Waals surface area contributed by atoms with Gasteiger partial charge in [-0.3, -0.25) is 4.79 Å². The Labute approximate surface area is 144 Å². The molecule has 0 fully saturated rings. The molecule has 3 aromatic rings. The molecule has 3 rings (SSSR count). The number of benzene rings is 2. The van der Waals surface area contributed by atoms with Gasteiger partial charge >= 0.3 is 0 Å². The van der Waals surface area contributed by atoms with Crippen molar-refractivity contribution in [1.82, 2.24) is 10.3 Å². The average molecular weight is 340 g/mol. The minimum atomic E-state index is -1.15. The summed E-state index contributed by atoms with van der Waals surface area (Å²) in [6, 6.07) is 13.4. The zero-order valence-corrected chi connectivity index (χ0v) is 13.6. The van der Waals surface area contributed by atoms with Crippen LogP contribution in [0.25, 0.3) is 11.3 Å². The van der Waals surface area contributed by atoms with Gasteiger partial charge in [0.1, 0.15) is 5.82 Å². The van der Waals surface area contributed by atoms with Crippen molar-refractivity contribution < 1.29 is 18.7 Å². The van der Waals surface area contributed by atoms with E-state index in [1.54, 1.807) is 6.07 Å². The van der Waals surface area contributed by atoms with Crippen LogP contribution in [-0.2, 0) is 0 Å². The summed E-state index contributed by atoms with van der Waals surface area (Å²) in [5.74, 6) is -0.677. The molecule has 1 atom stereocenters. The molecule has 0 radical (unpaired) electrons. The molecule has 1 unspecified atom stereocenters. The van der Waals surface area contributed by atoms with Gasteiger partial charge in [0.25, 0.3) is 5.91 Å². The maximum absolute atomic E-state index is 13.7. The van der Waals surface area contributed by atoms with E-state index in [-0.39, 0.29) is 17.8 Å². The van der Waals surface area contributed by atoms with Crippen LogP contribution in [0.15, 0.2) is 59.3 Å². The minimum absolute atomic E-state index is 0.115. The fraction of sp³-hybridized carbons (Fsp3) is 0.158. The summed E-state index contributed by atoms with van der Waals surface area (Å²) in [4.78, 5) is 16.3. The molecule has 1 aromatic heterocycles. The summed E-state index contributed by atoms with van der Waals surface area (Å²) in [7, 11) is 0. The summed E-state index contributed by atoms with van der Waals surface area (Å²) < 4.78 is 19.0. The highest BCUT2D eigenvalue weighted by Gasteiger charge is 2.20. The van der Waals surface area contributed by atoms with Crippen molar-refractivity contribution in [2.45, 2.75) is 13.0 Å². The normalized spacial score (nSPS) is 12.0. The number of hydrogen-bond donors (Lipinski definition) is 2. The molecule has 6 heteroatoms. The quantitative estimate of drug-likeness (QED) is 0.747. The van der Waals surface area contributed by atoms with Crippen molar-refractivity contribution in [3.05, 3.63) is 77.6 Å². The van der Waals surface area contributed by atoms with E-state index in [9.17, 15) is 14.3 Å². The third-order valence-corrected chi connectivity index (χ3v) is 3.82. The third kappa shape index (κ3) is 3.75. The van der Waals surface area contributed by atoms with Gasteiger partial charge in [0.2, 0.25) is 0 Å². The van der Waals surface area contributed by atoms with Crippen LogP contribution in [0.2, 0.25) is 0 Å². The topological polar surface area (TPSA) is 75.4 Å². The monoisotopic (exact) mass is 340 g/mol. The van der Waals surface area contributed by atoms with Gasteiger partial charge in [0.15, 0.2) is 17.8 Å². The highest BCUT2D eigenvalue weighted by Crippen LogP contribution is 2.23. The Morgan fingerprint density at radius 1 is 1.24 bits per heavy atom. The average Bonchev–Trinajstić information content (AvgIpc) is 3.10. The highest BCUT2D eigenvalue weighted by molar-refractivity contribution is 5.97. The molecule has 0 saturated heterocycles. The summed E-state index contributed by atoms with van der Waals surface area (Å²) >= 11 is 0. The van der Waals surface area contributed by atoms with E-state index in [1.807, 2.05) is 31.2 Å². The van der Waals surface area contributed by atoms with E-state index in [1.165, 1.54) is 24.6 Å². The van der Waals surface area contributed by atoms with E-state index in [4.69, 9.17) is 4.42 Å². The molecule has 0 bridgehead atoms. The molecular formula is C19H17FN2O3. The second-order valence-corrected chi connectivity index (χ2v) is 5.64. The Morgan fingerprint density at radius 2 is 1.96 bits per heavy atom. The lowest BCUT2D eigenvalue weighted by atomic mass is 10.1. The van der Waals surface area contributed by atoms with Crippen LogP contribution in [0.3, 0.4) is 0 Å². The lowest BCUT2D eigenvalue weighted by Gasteiger charge is -2.12. The molecule has 128 valence electrons. The number of aromatic nitrogens is 1. The molecule has 25 heavy (non-hydrogen) atoms. The molecule has 0 saturated carbocycles. The van der Waals surface area contributed by atoms with E-state index >= 15 is 0 Å². The maximum Gasteiger partial charge on any atom is 0.274 e. The number of rotatable bonds is 5. The second kappa shape index (κ2) is 7.27. The van der Waals surface area contributed by atoms with Gasteiger partial charge in [-0.25, -0.2) is 9.37 Å². The zero-order valence-electron chi connectivity index (χ0n) is 13.6. The van der Waals surface area contributed by atoms with E-state index < -0.39 is 17.8 Å². The molecule has 0 spiro atoms. The Balaban J connectivity index is 1.71. The van der Waals surface area contributed by atoms with Gasteiger partial charge < -0.3 is 14.8 Å². The van der Waals surface area contributed by atoms with Crippen LogP contribution < -0.4 is 5.32 Å². The molecule has 1 heterocycles. The van der Waals surface area contributed by atoms with Gasteiger partial charge in [-0.15, -0.1) is 0 Å². The number of aryl methyl sites for hydroxylation is 1. The van der Waals surface area contributed by atoms with E-state index in [2.05, 4.69) is 10.3 Å². The Morgan fingerprint density at radius 3 is 2.68 bits per heavy atom. The largest absolute Gasteiger partial charge is 0.443 e. The summed E-state index contributed by atoms with van der Waals surface area (Å²) in [5.41, 5.74) is 2.05.